The highest BCUT2D eigenvalue weighted by molar-refractivity contribution is 5.81. The first-order valence-corrected chi connectivity index (χ1v) is 7.10. The molecule has 104 valence electrons. The van der Waals surface area contributed by atoms with Crippen molar-refractivity contribution in [1.82, 2.24) is 9.88 Å². The van der Waals surface area contributed by atoms with Crippen LogP contribution in [0, 0.1) is 11.3 Å². The number of nitrogens with zero attached hydrogens (tertiary/aromatic N) is 2. The number of rotatable bonds is 5. The number of hydrogen-bond donors (Lipinski definition) is 1. The molecule has 21 heavy (non-hydrogen) atoms. The topological polar surface area (TPSA) is 40.8 Å². The van der Waals surface area contributed by atoms with E-state index in [2.05, 4.69) is 52.5 Å². The van der Waals surface area contributed by atoms with Crippen LogP contribution < -0.4 is 5.32 Å². The Kier molecular flexibility index (Phi) is 3.99. The van der Waals surface area contributed by atoms with Crippen LogP contribution >= 0.6 is 0 Å². The fraction of sp³-hybridized carbons (Fsp3) is 0.167. The Morgan fingerprint density at radius 1 is 1.05 bits per heavy atom. The lowest BCUT2D eigenvalue weighted by Crippen LogP contribution is -2.19. The van der Waals surface area contributed by atoms with Gasteiger partial charge in [-0.3, -0.25) is 0 Å². The van der Waals surface area contributed by atoms with E-state index >= 15 is 0 Å². The van der Waals surface area contributed by atoms with Crippen LogP contribution in [0.5, 0.6) is 0 Å². The average Bonchev–Trinajstić information content (AvgIpc) is 2.95. The molecular formula is C18H17N3. The monoisotopic (exact) mass is 275 g/mol. The van der Waals surface area contributed by atoms with Crippen LogP contribution in [0.4, 0.5) is 0 Å². The zero-order chi connectivity index (χ0) is 14.5. The fourth-order valence-electron chi connectivity index (χ4n) is 2.49. The molecule has 3 nitrogen and oxygen atoms in total. The van der Waals surface area contributed by atoms with E-state index in [9.17, 15) is 0 Å². The maximum atomic E-state index is 8.92. The van der Waals surface area contributed by atoms with E-state index in [4.69, 9.17) is 5.26 Å². The smallest absolute Gasteiger partial charge is 0.0991 e. The van der Waals surface area contributed by atoms with Gasteiger partial charge in [0, 0.05) is 36.7 Å². The summed E-state index contributed by atoms with van der Waals surface area (Å²) in [5.41, 5.74) is 3.19. The largest absolute Gasteiger partial charge is 0.346 e. The Morgan fingerprint density at radius 3 is 2.71 bits per heavy atom. The Balaban J connectivity index is 1.60. The zero-order valence-electron chi connectivity index (χ0n) is 11.8. The quantitative estimate of drug-likeness (QED) is 0.726. The summed E-state index contributed by atoms with van der Waals surface area (Å²) in [6, 6.07) is 20.5. The van der Waals surface area contributed by atoms with E-state index in [-0.39, 0.29) is 0 Å². The molecule has 0 saturated heterocycles. The number of nitrogens with one attached hydrogen (secondary N) is 1. The summed E-state index contributed by atoms with van der Waals surface area (Å²) < 4.78 is 2.22. The SMILES string of the molecule is N#Cc1ccc2c(ccn2CCNCc2ccccc2)c1. The maximum absolute atomic E-state index is 8.92. The number of fused-ring (bicyclic) bond motifs is 1. The van der Waals surface area contributed by atoms with Gasteiger partial charge in [-0.05, 0) is 29.8 Å². The van der Waals surface area contributed by atoms with E-state index in [0.717, 1.165) is 25.0 Å². The summed E-state index contributed by atoms with van der Waals surface area (Å²) in [6.07, 6.45) is 2.08. The number of hydrogen-bond acceptors (Lipinski definition) is 2. The van der Waals surface area contributed by atoms with Crippen LogP contribution in [0.15, 0.2) is 60.8 Å². The van der Waals surface area contributed by atoms with Crippen molar-refractivity contribution < 1.29 is 0 Å². The van der Waals surface area contributed by atoms with Gasteiger partial charge in [-0.25, -0.2) is 0 Å². The van der Waals surface area contributed by atoms with Gasteiger partial charge in [0.2, 0.25) is 0 Å². The molecule has 0 aliphatic rings. The maximum Gasteiger partial charge on any atom is 0.0991 e. The standard InChI is InChI=1S/C18H17N3/c19-13-16-6-7-18-17(12-16)8-10-21(18)11-9-20-14-15-4-2-1-3-5-15/h1-8,10,12,20H,9,11,14H2. The van der Waals surface area contributed by atoms with Crippen LogP contribution in [0.3, 0.4) is 0 Å². The van der Waals surface area contributed by atoms with Gasteiger partial charge in [0.05, 0.1) is 11.6 Å². The molecule has 0 aliphatic carbocycles. The van der Waals surface area contributed by atoms with Gasteiger partial charge in [-0.2, -0.15) is 5.26 Å². The summed E-state index contributed by atoms with van der Waals surface area (Å²) >= 11 is 0. The molecule has 1 heterocycles. The van der Waals surface area contributed by atoms with E-state index in [1.165, 1.54) is 11.1 Å². The number of aromatic nitrogens is 1. The lowest BCUT2D eigenvalue weighted by molar-refractivity contribution is 0.609. The third-order valence-corrected chi connectivity index (χ3v) is 3.60. The van der Waals surface area contributed by atoms with Gasteiger partial charge in [0.15, 0.2) is 0 Å². The Bertz CT molecular complexity index is 766. The lowest BCUT2D eigenvalue weighted by atomic mass is 10.2. The number of benzene rings is 2. The third-order valence-electron chi connectivity index (χ3n) is 3.60. The summed E-state index contributed by atoms with van der Waals surface area (Å²) in [5.74, 6) is 0. The predicted molar refractivity (Wildman–Crippen MR) is 84.8 cm³/mol. The first kappa shape index (κ1) is 13.4. The molecule has 3 rings (SSSR count). The molecule has 0 bridgehead atoms. The van der Waals surface area contributed by atoms with Crippen molar-refractivity contribution in [2.75, 3.05) is 6.54 Å². The van der Waals surface area contributed by atoms with E-state index in [1.54, 1.807) is 0 Å². The Hall–Kier alpha value is -2.57. The third kappa shape index (κ3) is 3.13. The minimum atomic E-state index is 0.711. The molecule has 0 saturated carbocycles. The van der Waals surface area contributed by atoms with Crippen LogP contribution in [-0.4, -0.2) is 11.1 Å². The van der Waals surface area contributed by atoms with Gasteiger partial charge in [0.25, 0.3) is 0 Å². The lowest BCUT2D eigenvalue weighted by Gasteiger charge is -2.07. The molecule has 0 fully saturated rings. The van der Waals surface area contributed by atoms with Crippen molar-refractivity contribution in [3.63, 3.8) is 0 Å². The van der Waals surface area contributed by atoms with Crippen LogP contribution in [0.25, 0.3) is 10.9 Å². The summed E-state index contributed by atoms with van der Waals surface area (Å²) in [5, 5.41) is 13.5. The Labute approximate surface area is 124 Å². The predicted octanol–water partition coefficient (Wildman–Crippen LogP) is 3.30. The molecule has 0 radical (unpaired) electrons. The highest BCUT2D eigenvalue weighted by Crippen LogP contribution is 2.17. The van der Waals surface area contributed by atoms with Gasteiger partial charge in [-0.15, -0.1) is 0 Å². The van der Waals surface area contributed by atoms with E-state index in [1.807, 2.05) is 24.3 Å². The van der Waals surface area contributed by atoms with Crippen molar-refractivity contribution in [3.8, 4) is 6.07 Å². The molecule has 0 amide bonds. The van der Waals surface area contributed by atoms with Crippen LogP contribution in [-0.2, 0) is 13.1 Å². The van der Waals surface area contributed by atoms with Gasteiger partial charge >= 0.3 is 0 Å². The molecule has 2 aromatic carbocycles. The van der Waals surface area contributed by atoms with Crippen molar-refractivity contribution >= 4 is 10.9 Å². The molecule has 1 N–H and O–H groups in total. The zero-order valence-corrected chi connectivity index (χ0v) is 11.8. The highest BCUT2D eigenvalue weighted by Gasteiger charge is 2.01. The van der Waals surface area contributed by atoms with Crippen LogP contribution in [0.2, 0.25) is 0 Å². The molecule has 3 aromatic rings. The van der Waals surface area contributed by atoms with Gasteiger partial charge in [0.1, 0.15) is 0 Å². The van der Waals surface area contributed by atoms with Gasteiger partial charge < -0.3 is 9.88 Å². The van der Waals surface area contributed by atoms with E-state index in [0.29, 0.717) is 5.56 Å². The van der Waals surface area contributed by atoms with Crippen LogP contribution in [0.1, 0.15) is 11.1 Å². The minimum absolute atomic E-state index is 0.711. The fourth-order valence-corrected chi connectivity index (χ4v) is 2.49. The molecule has 0 unspecified atom stereocenters. The van der Waals surface area contributed by atoms with Crippen molar-refractivity contribution in [1.29, 1.82) is 5.26 Å². The second-order valence-corrected chi connectivity index (χ2v) is 5.06. The number of nitriles is 1. The second kappa shape index (κ2) is 6.25. The molecule has 0 aliphatic heterocycles. The molecule has 0 spiro atoms. The van der Waals surface area contributed by atoms with E-state index < -0.39 is 0 Å². The summed E-state index contributed by atoms with van der Waals surface area (Å²) in [6.45, 7) is 2.72. The normalized spacial score (nSPS) is 10.6. The first-order chi connectivity index (χ1) is 10.4. The summed E-state index contributed by atoms with van der Waals surface area (Å²) in [7, 11) is 0. The first-order valence-electron chi connectivity index (χ1n) is 7.10. The molecule has 0 atom stereocenters. The highest BCUT2D eigenvalue weighted by atomic mass is 15.0. The molecular weight excluding hydrogens is 258 g/mol. The second-order valence-electron chi connectivity index (χ2n) is 5.06. The summed E-state index contributed by atoms with van der Waals surface area (Å²) in [4.78, 5) is 0. The molecule has 3 heteroatoms. The van der Waals surface area contributed by atoms with Crippen molar-refractivity contribution in [2.24, 2.45) is 0 Å². The van der Waals surface area contributed by atoms with Crippen molar-refractivity contribution in [3.05, 3.63) is 71.9 Å². The Morgan fingerprint density at radius 2 is 1.90 bits per heavy atom. The van der Waals surface area contributed by atoms with Crippen molar-refractivity contribution in [2.45, 2.75) is 13.1 Å². The average molecular weight is 275 g/mol. The van der Waals surface area contributed by atoms with Gasteiger partial charge in [-0.1, -0.05) is 30.3 Å². The minimum Gasteiger partial charge on any atom is -0.346 e. The molecule has 1 aromatic heterocycles.